The Hall–Kier alpha value is -3.27. The molecule has 0 atom stereocenters. The van der Waals surface area contributed by atoms with Crippen LogP contribution in [-0.2, 0) is 22.7 Å². The summed E-state index contributed by atoms with van der Waals surface area (Å²) < 4.78 is 7.44. The Kier molecular flexibility index (Phi) is 7.35. The van der Waals surface area contributed by atoms with Crippen LogP contribution in [0.2, 0.25) is 0 Å². The van der Waals surface area contributed by atoms with E-state index in [-0.39, 0.29) is 23.3 Å². The minimum atomic E-state index is -0.266. The number of aryl methyl sites for hydroxylation is 1. The number of hydrogen-bond donors (Lipinski definition) is 1. The molecule has 7 nitrogen and oxygen atoms in total. The summed E-state index contributed by atoms with van der Waals surface area (Å²) in [6, 6.07) is 7.70. The smallest absolute Gasteiger partial charge is 0.264 e. The summed E-state index contributed by atoms with van der Waals surface area (Å²) in [4.78, 5) is 27.0. The number of amides is 2. The maximum atomic E-state index is 12.9. The maximum Gasteiger partial charge on any atom is 0.264 e. The summed E-state index contributed by atoms with van der Waals surface area (Å²) in [6.07, 6.45) is 5.46. The van der Waals surface area contributed by atoms with Crippen LogP contribution in [0.15, 0.2) is 34.5 Å². The molecule has 3 rings (SSSR count). The molecule has 164 valence electrons. The standard InChI is InChI=1S/C24H30N4O3/c1-4-9-28-17(2)13-20(18(28)3)14-21(15-25)24(30)27-10-7-19(8-11-27)23(29)26-16-22-6-5-12-31-22/h5-6,12-14,19H,4,7-11,16H2,1-3H3,(H,26,29)/b21-14-. The molecule has 0 radical (unpaired) electrons. The lowest BCUT2D eigenvalue weighted by molar-refractivity contribution is -0.132. The summed E-state index contributed by atoms with van der Waals surface area (Å²) in [5.41, 5.74) is 3.23. The molecule has 0 bridgehead atoms. The zero-order valence-corrected chi connectivity index (χ0v) is 18.5. The predicted molar refractivity (Wildman–Crippen MR) is 118 cm³/mol. The summed E-state index contributed by atoms with van der Waals surface area (Å²) in [6.45, 7) is 8.38. The van der Waals surface area contributed by atoms with Crippen LogP contribution in [0.25, 0.3) is 6.08 Å². The average molecular weight is 423 g/mol. The van der Waals surface area contributed by atoms with Crippen LogP contribution < -0.4 is 5.32 Å². The van der Waals surface area contributed by atoms with Crippen molar-refractivity contribution >= 4 is 17.9 Å². The van der Waals surface area contributed by atoms with Crippen molar-refractivity contribution in [2.75, 3.05) is 13.1 Å². The highest BCUT2D eigenvalue weighted by atomic mass is 16.3. The molecule has 1 fully saturated rings. The normalized spacial score (nSPS) is 15.0. The first-order valence-corrected chi connectivity index (χ1v) is 10.8. The van der Waals surface area contributed by atoms with Crippen LogP contribution in [-0.4, -0.2) is 34.4 Å². The molecule has 0 aromatic carbocycles. The Morgan fingerprint density at radius 2 is 2.06 bits per heavy atom. The molecular weight excluding hydrogens is 392 g/mol. The van der Waals surface area contributed by atoms with Gasteiger partial charge in [-0.3, -0.25) is 9.59 Å². The lowest BCUT2D eigenvalue weighted by Gasteiger charge is -2.31. The predicted octanol–water partition coefficient (Wildman–Crippen LogP) is 3.57. The van der Waals surface area contributed by atoms with Crippen LogP contribution in [0.4, 0.5) is 0 Å². The highest BCUT2D eigenvalue weighted by Crippen LogP contribution is 2.22. The molecule has 2 aromatic heterocycles. The molecule has 3 heterocycles. The van der Waals surface area contributed by atoms with E-state index < -0.39 is 0 Å². The molecule has 0 spiro atoms. The largest absolute Gasteiger partial charge is 0.467 e. The first-order chi connectivity index (χ1) is 14.9. The molecule has 2 amide bonds. The third-order valence-corrected chi connectivity index (χ3v) is 5.88. The molecule has 2 aromatic rings. The highest BCUT2D eigenvalue weighted by molar-refractivity contribution is 6.02. The molecule has 0 saturated carbocycles. The fraction of sp³-hybridized carbons (Fsp3) is 0.458. The van der Waals surface area contributed by atoms with Crippen molar-refractivity contribution in [3.63, 3.8) is 0 Å². The first-order valence-electron chi connectivity index (χ1n) is 10.8. The van der Waals surface area contributed by atoms with Gasteiger partial charge in [0.15, 0.2) is 0 Å². The summed E-state index contributed by atoms with van der Waals surface area (Å²) in [5.74, 6) is 0.282. The number of furan rings is 1. The number of nitriles is 1. The van der Waals surface area contributed by atoms with Crippen molar-refractivity contribution in [1.29, 1.82) is 5.26 Å². The topological polar surface area (TPSA) is 91.3 Å². The molecule has 1 aliphatic heterocycles. The van der Waals surface area contributed by atoms with E-state index in [4.69, 9.17) is 4.42 Å². The number of likely N-dealkylation sites (tertiary alicyclic amines) is 1. The molecule has 0 aliphatic carbocycles. The summed E-state index contributed by atoms with van der Waals surface area (Å²) in [7, 11) is 0. The number of carbonyl (C=O) groups is 2. The van der Waals surface area contributed by atoms with Gasteiger partial charge in [0.25, 0.3) is 5.91 Å². The van der Waals surface area contributed by atoms with Crippen molar-refractivity contribution in [3.8, 4) is 6.07 Å². The van der Waals surface area contributed by atoms with Crippen molar-refractivity contribution < 1.29 is 14.0 Å². The molecule has 1 saturated heterocycles. The van der Waals surface area contributed by atoms with Crippen molar-refractivity contribution in [3.05, 3.63) is 52.7 Å². The van der Waals surface area contributed by atoms with Gasteiger partial charge in [0.1, 0.15) is 17.4 Å². The molecule has 1 N–H and O–H groups in total. The van der Waals surface area contributed by atoms with Gasteiger partial charge in [-0.1, -0.05) is 6.92 Å². The lowest BCUT2D eigenvalue weighted by atomic mass is 9.95. The second-order valence-electron chi connectivity index (χ2n) is 8.01. The van der Waals surface area contributed by atoms with E-state index in [1.807, 2.05) is 26.0 Å². The van der Waals surface area contributed by atoms with Gasteiger partial charge in [0.2, 0.25) is 5.91 Å². The van der Waals surface area contributed by atoms with E-state index in [9.17, 15) is 14.9 Å². The van der Waals surface area contributed by atoms with Gasteiger partial charge < -0.3 is 19.2 Å². The number of hydrogen-bond acceptors (Lipinski definition) is 4. The monoisotopic (exact) mass is 422 g/mol. The molecular formula is C24H30N4O3. The van der Waals surface area contributed by atoms with E-state index >= 15 is 0 Å². The Labute approximate surface area is 183 Å². The SMILES string of the molecule is CCCn1c(C)cc(/C=C(/C#N)C(=O)N2CCC(C(=O)NCc3ccco3)CC2)c1C. The minimum absolute atomic E-state index is 0.0251. The van der Waals surface area contributed by atoms with Crippen LogP contribution >= 0.6 is 0 Å². The second-order valence-corrected chi connectivity index (χ2v) is 8.01. The van der Waals surface area contributed by atoms with Crippen LogP contribution in [0, 0.1) is 31.1 Å². The first kappa shape index (κ1) is 22.4. The van der Waals surface area contributed by atoms with Crippen LogP contribution in [0.1, 0.15) is 48.9 Å². The lowest BCUT2D eigenvalue weighted by Crippen LogP contribution is -2.43. The average Bonchev–Trinajstić information content (AvgIpc) is 3.39. The van der Waals surface area contributed by atoms with Crippen molar-refractivity contribution in [1.82, 2.24) is 14.8 Å². The van der Waals surface area contributed by atoms with Crippen molar-refractivity contribution in [2.45, 2.75) is 53.1 Å². The number of piperidine rings is 1. The van der Waals surface area contributed by atoms with E-state index in [1.54, 1.807) is 23.3 Å². The van der Waals surface area contributed by atoms with E-state index in [1.165, 1.54) is 0 Å². The van der Waals surface area contributed by atoms with Gasteiger partial charge in [0.05, 0.1) is 12.8 Å². The van der Waals surface area contributed by atoms with Gasteiger partial charge in [0, 0.05) is 36.9 Å². The summed E-state index contributed by atoms with van der Waals surface area (Å²) in [5, 5.41) is 12.5. The number of carbonyl (C=O) groups excluding carboxylic acids is 2. The van der Waals surface area contributed by atoms with Gasteiger partial charge >= 0.3 is 0 Å². The van der Waals surface area contributed by atoms with Crippen LogP contribution in [0.3, 0.4) is 0 Å². The quantitative estimate of drug-likeness (QED) is 0.545. The fourth-order valence-corrected chi connectivity index (χ4v) is 4.09. The summed E-state index contributed by atoms with van der Waals surface area (Å²) >= 11 is 0. The highest BCUT2D eigenvalue weighted by Gasteiger charge is 2.28. The van der Waals surface area contributed by atoms with Gasteiger partial charge in [-0.15, -0.1) is 0 Å². The van der Waals surface area contributed by atoms with Crippen LogP contribution in [0.5, 0.6) is 0 Å². The maximum absolute atomic E-state index is 12.9. The third kappa shape index (κ3) is 5.26. The number of aromatic nitrogens is 1. The number of nitrogens with one attached hydrogen (secondary N) is 1. The molecule has 1 aliphatic rings. The Bertz CT molecular complexity index is 987. The Balaban J connectivity index is 1.60. The van der Waals surface area contributed by atoms with Crippen molar-refractivity contribution in [2.24, 2.45) is 5.92 Å². The fourth-order valence-electron chi connectivity index (χ4n) is 4.09. The second kappa shape index (κ2) is 10.2. The Morgan fingerprint density at radius 1 is 1.32 bits per heavy atom. The zero-order valence-electron chi connectivity index (χ0n) is 18.5. The van der Waals surface area contributed by atoms with Gasteiger partial charge in [-0.05, 0) is 62.9 Å². The molecule has 7 heteroatoms. The van der Waals surface area contributed by atoms with E-state index in [2.05, 4.69) is 22.9 Å². The molecule has 0 unspecified atom stereocenters. The third-order valence-electron chi connectivity index (χ3n) is 5.88. The Morgan fingerprint density at radius 3 is 2.68 bits per heavy atom. The van der Waals surface area contributed by atoms with E-state index in [0.717, 1.165) is 29.9 Å². The van der Waals surface area contributed by atoms with E-state index in [0.29, 0.717) is 38.2 Å². The van der Waals surface area contributed by atoms with Gasteiger partial charge in [-0.2, -0.15) is 5.26 Å². The number of rotatable bonds is 7. The number of nitrogens with zero attached hydrogens (tertiary/aromatic N) is 3. The zero-order chi connectivity index (χ0) is 22.4. The van der Waals surface area contributed by atoms with Gasteiger partial charge in [-0.25, -0.2) is 0 Å². The molecule has 31 heavy (non-hydrogen) atoms. The minimum Gasteiger partial charge on any atom is -0.467 e.